The van der Waals surface area contributed by atoms with Gasteiger partial charge in [0.1, 0.15) is 0 Å². The summed E-state index contributed by atoms with van der Waals surface area (Å²) in [7, 11) is 0. The number of anilines is 1. The maximum Gasteiger partial charge on any atom is 0.180 e. The van der Waals surface area contributed by atoms with Gasteiger partial charge in [-0.1, -0.05) is 0 Å². The summed E-state index contributed by atoms with van der Waals surface area (Å²) in [4.78, 5) is 7.88. The zero-order chi connectivity index (χ0) is 13.9. The van der Waals surface area contributed by atoms with E-state index >= 15 is 0 Å². The van der Waals surface area contributed by atoms with Gasteiger partial charge in [0.05, 0.1) is 6.20 Å². The largest absolute Gasteiger partial charge is 0.375 e. The Balaban J connectivity index is 1.47. The minimum absolute atomic E-state index is 0.670. The molecule has 0 spiro atoms. The average Bonchev–Trinajstić information content (AvgIpc) is 3.01. The number of hydrogen-bond donors (Lipinski definition) is 1. The zero-order valence-corrected chi connectivity index (χ0v) is 12.6. The molecule has 108 valence electrons. The van der Waals surface area contributed by atoms with Crippen LogP contribution < -0.4 is 5.73 Å². The zero-order valence-electron chi connectivity index (χ0n) is 11.8. The van der Waals surface area contributed by atoms with Crippen LogP contribution in [0.4, 0.5) is 5.13 Å². The van der Waals surface area contributed by atoms with Gasteiger partial charge in [0.2, 0.25) is 0 Å². The molecule has 0 unspecified atom stereocenters. The first kappa shape index (κ1) is 13.6. The molecular weight excluding hydrogens is 270 g/mol. The highest BCUT2D eigenvalue weighted by Gasteiger charge is 2.20. The van der Waals surface area contributed by atoms with E-state index < -0.39 is 0 Å². The maximum absolute atomic E-state index is 5.67. The monoisotopic (exact) mass is 291 g/mol. The molecular formula is C14H21N5S. The first-order chi connectivity index (χ1) is 9.69. The molecule has 1 aliphatic heterocycles. The Morgan fingerprint density at radius 1 is 1.35 bits per heavy atom. The van der Waals surface area contributed by atoms with Gasteiger partial charge in [-0.3, -0.25) is 9.58 Å². The van der Waals surface area contributed by atoms with Gasteiger partial charge in [-0.25, -0.2) is 4.98 Å². The number of aromatic nitrogens is 3. The van der Waals surface area contributed by atoms with Gasteiger partial charge >= 0.3 is 0 Å². The summed E-state index contributed by atoms with van der Waals surface area (Å²) in [6.45, 7) is 6.44. The van der Waals surface area contributed by atoms with Crippen molar-refractivity contribution in [3.63, 3.8) is 0 Å². The summed E-state index contributed by atoms with van der Waals surface area (Å²) in [6.07, 6.45) is 8.45. The van der Waals surface area contributed by atoms with Gasteiger partial charge in [-0.05, 0) is 44.3 Å². The molecule has 1 fully saturated rings. The number of rotatable bonds is 4. The van der Waals surface area contributed by atoms with E-state index in [9.17, 15) is 0 Å². The third-order valence-electron chi connectivity index (χ3n) is 3.87. The van der Waals surface area contributed by atoms with Gasteiger partial charge in [0.15, 0.2) is 5.13 Å². The number of piperidine rings is 1. The van der Waals surface area contributed by atoms with Crippen LogP contribution >= 0.6 is 11.3 Å². The van der Waals surface area contributed by atoms with Crippen LogP contribution in [-0.4, -0.2) is 32.8 Å². The lowest BCUT2D eigenvalue weighted by atomic mass is 9.97. The molecule has 0 radical (unpaired) electrons. The van der Waals surface area contributed by atoms with Crippen LogP contribution in [0.15, 0.2) is 18.6 Å². The lowest BCUT2D eigenvalue weighted by Crippen LogP contribution is -2.34. The molecule has 2 aromatic heterocycles. The predicted octanol–water partition coefficient (Wildman–Crippen LogP) is 2.14. The molecule has 0 bridgehead atoms. The van der Waals surface area contributed by atoms with Crippen molar-refractivity contribution in [1.29, 1.82) is 0 Å². The van der Waals surface area contributed by atoms with Crippen molar-refractivity contribution in [3.05, 3.63) is 29.0 Å². The van der Waals surface area contributed by atoms with Crippen LogP contribution in [0.25, 0.3) is 0 Å². The van der Waals surface area contributed by atoms with Gasteiger partial charge in [-0.15, -0.1) is 11.3 Å². The minimum atomic E-state index is 0.670. The number of aryl methyl sites for hydroxylation is 1. The third kappa shape index (κ3) is 3.37. The van der Waals surface area contributed by atoms with Crippen LogP contribution in [0.3, 0.4) is 0 Å². The Kier molecular flexibility index (Phi) is 4.03. The Hall–Kier alpha value is -1.40. The van der Waals surface area contributed by atoms with Gasteiger partial charge in [0.25, 0.3) is 0 Å². The molecule has 0 amide bonds. The SMILES string of the molecule is Cc1cnn(CC2CCN(Cc3cnc(N)s3)CC2)c1. The van der Waals surface area contributed by atoms with E-state index in [1.165, 1.54) is 23.3 Å². The minimum Gasteiger partial charge on any atom is -0.375 e. The van der Waals surface area contributed by atoms with Crippen molar-refractivity contribution in [1.82, 2.24) is 19.7 Å². The van der Waals surface area contributed by atoms with Gasteiger partial charge in [0, 0.05) is 30.4 Å². The Morgan fingerprint density at radius 3 is 2.75 bits per heavy atom. The standard InChI is InChI=1S/C14H21N5S/c1-11-6-17-19(8-11)9-12-2-4-18(5-3-12)10-13-7-16-14(15)20-13/h6-8,12H,2-5,9-10H2,1H3,(H2,15,16). The van der Waals surface area contributed by atoms with Crippen molar-refractivity contribution in [2.75, 3.05) is 18.8 Å². The van der Waals surface area contributed by atoms with E-state index in [-0.39, 0.29) is 0 Å². The quantitative estimate of drug-likeness (QED) is 0.937. The molecule has 0 aliphatic carbocycles. The lowest BCUT2D eigenvalue weighted by molar-refractivity contribution is 0.165. The first-order valence-electron chi connectivity index (χ1n) is 7.10. The van der Waals surface area contributed by atoms with E-state index in [0.717, 1.165) is 32.1 Å². The fourth-order valence-corrected chi connectivity index (χ4v) is 3.50. The van der Waals surface area contributed by atoms with E-state index in [4.69, 9.17) is 5.73 Å². The number of nitrogen functional groups attached to an aromatic ring is 1. The second kappa shape index (κ2) is 5.93. The summed E-state index contributed by atoms with van der Waals surface area (Å²) in [6, 6.07) is 0. The summed E-state index contributed by atoms with van der Waals surface area (Å²) >= 11 is 1.60. The van der Waals surface area contributed by atoms with Crippen molar-refractivity contribution in [2.24, 2.45) is 5.92 Å². The first-order valence-corrected chi connectivity index (χ1v) is 7.92. The summed E-state index contributed by atoms with van der Waals surface area (Å²) in [5.74, 6) is 0.747. The molecule has 0 aromatic carbocycles. The highest BCUT2D eigenvalue weighted by atomic mass is 32.1. The summed E-state index contributed by atoms with van der Waals surface area (Å²) in [5.41, 5.74) is 6.91. The maximum atomic E-state index is 5.67. The van der Waals surface area contributed by atoms with Crippen LogP contribution in [0, 0.1) is 12.8 Å². The number of thiazole rings is 1. The van der Waals surface area contributed by atoms with Crippen molar-refractivity contribution in [3.8, 4) is 0 Å². The second-order valence-corrected chi connectivity index (χ2v) is 6.77. The molecule has 0 saturated carbocycles. The van der Waals surface area contributed by atoms with Gasteiger partial charge in [-0.2, -0.15) is 5.10 Å². The average molecular weight is 291 g/mol. The molecule has 5 nitrogen and oxygen atoms in total. The summed E-state index contributed by atoms with van der Waals surface area (Å²) < 4.78 is 2.08. The van der Waals surface area contributed by atoms with E-state index in [1.54, 1.807) is 11.3 Å². The van der Waals surface area contributed by atoms with E-state index in [2.05, 4.69) is 32.8 Å². The molecule has 20 heavy (non-hydrogen) atoms. The van der Waals surface area contributed by atoms with Gasteiger partial charge < -0.3 is 5.73 Å². The topological polar surface area (TPSA) is 60.0 Å². The molecule has 1 aliphatic rings. The number of likely N-dealkylation sites (tertiary alicyclic amines) is 1. The Bertz CT molecular complexity index is 503. The van der Waals surface area contributed by atoms with Crippen LogP contribution in [0.5, 0.6) is 0 Å². The van der Waals surface area contributed by atoms with Crippen molar-refractivity contribution in [2.45, 2.75) is 32.9 Å². The fraction of sp³-hybridized carbons (Fsp3) is 0.571. The third-order valence-corrected chi connectivity index (χ3v) is 4.68. The molecule has 3 rings (SSSR count). The smallest absolute Gasteiger partial charge is 0.180 e. The molecule has 6 heteroatoms. The van der Waals surface area contributed by atoms with E-state index in [1.807, 2.05) is 12.4 Å². The van der Waals surface area contributed by atoms with Crippen LogP contribution in [-0.2, 0) is 13.1 Å². The molecule has 2 aromatic rings. The van der Waals surface area contributed by atoms with Crippen molar-refractivity contribution >= 4 is 16.5 Å². The molecule has 1 saturated heterocycles. The lowest BCUT2D eigenvalue weighted by Gasteiger charge is -2.31. The summed E-state index contributed by atoms with van der Waals surface area (Å²) in [5, 5.41) is 5.05. The van der Waals surface area contributed by atoms with E-state index in [0.29, 0.717) is 5.13 Å². The molecule has 3 heterocycles. The Labute approximate surface area is 123 Å². The fourth-order valence-electron chi connectivity index (χ4n) is 2.77. The molecule has 2 N–H and O–H groups in total. The number of nitrogens with zero attached hydrogens (tertiary/aromatic N) is 4. The van der Waals surface area contributed by atoms with Crippen molar-refractivity contribution < 1.29 is 0 Å². The molecule has 0 atom stereocenters. The van der Waals surface area contributed by atoms with Crippen LogP contribution in [0.2, 0.25) is 0 Å². The Morgan fingerprint density at radius 2 is 2.15 bits per heavy atom. The number of nitrogens with two attached hydrogens (primary N) is 1. The predicted molar refractivity (Wildman–Crippen MR) is 81.5 cm³/mol. The second-order valence-electron chi connectivity index (χ2n) is 5.62. The highest BCUT2D eigenvalue weighted by molar-refractivity contribution is 7.15. The normalized spacial score (nSPS) is 17.6. The highest BCUT2D eigenvalue weighted by Crippen LogP contribution is 2.23. The number of hydrogen-bond acceptors (Lipinski definition) is 5. The van der Waals surface area contributed by atoms with Crippen LogP contribution in [0.1, 0.15) is 23.3 Å².